The van der Waals surface area contributed by atoms with Crippen molar-refractivity contribution in [2.45, 2.75) is 6.73 Å². The smallest absolute Gasteiger partial charge is 0.296 e. The van der Waals surface area contributed by atoms with Crippen molar-refractivity contribution in [2.24, 2.45) is 0 Å². The van der Waals surface area contributed by atoms with Gasteiger partial charge in [-0.15, -0.1) is 0 Å². The summed E-state index contributed by atoms with van der Waals surface area (Å²) in [5.74, 6) is 0.282. The SMILES string of the molecule is COc1ccc(NC(=O)c2ccn(COc3cccc(Cl)c3)n2)c([N+](=O)[O-])c1. The second-order valence-corrected chi connectivity index (χ2v) is 6.00. The Hall–Kier alpha value is -3.59. The predicted molar refractivity (Wildman–Crippen MR) is 102 cm³/mol. The van der Waals surface area contributed by atoms with E-state index in [0.717, 1.165) is 0 Å². The number of hydrogen-bond acceptors (Lipinski definition) is 6. The van der Waals surface area contributed by atoms with Crippen molar-refractivity contribution < 1.29 is 19.2 Å². The van der Waals surface area contributed by atoms with E-state index in [-0.39, 0.29) is 23.8 Å². The molecule has 0 unspecified atom stereocenters. The first-order valence-corrected chi connectivity index (χ1v) is 8.39. The number of hydrogen-bond donors (Lipinski definition) is 1. The lowest BCUT2D eigenvalue weighted by molar-refractivity contribution is -0.384. The van der Waals surface area contributed by atoms with Crippen LogP contribution in [0.5, 0.6) is 11.5 Å². The number of nitro groups is 1. The average Bonchev–Trinajstić information content (AvgIpc) is 3.16. The van der Waals surface area contributed by atoms with Gasteiger partial charge in [-0.3, -0.25) is 14.9 Å². The predicted octanol–water partition coefficient (Wildman–Crippen LogP) is 3.74. The van der Waals surface area contributed by atoms with E-state index in [4.69, 9.17) is 21.1 Å². The van der Waals surface area contributed by atoms with Crippen LogP contribution in [0.1, 0.15) is 10.5 Å². The average molecular weight is 403 g/mol. The molecule has 0 radical (unpaired) electrons. The second-order valence-electron chi connectivity index (χ2n) is 5.57. The molecule has 3 rings (SSSR count). The molecule has 0 saturated heterocycles. The molecule has 1 amide bonds. The van der Waals surface area contributed by atoms with Crippen LogP contribution < -0.4 is 14.8 Å². The fourth-order valence-corrected chi connectivity index (χ4v) is 2.51. The molecule has 0 spiro atoms. The normalized spacial score (nSPS) is 10.4. The van der Waals surface area contributed by atoms with Gasteiger partial charge in [0.15, 0.2) is 12.4 Å². The molecule has 1 aromatic heterocycles. The molecule has 9 nitrogen and oxygen atoms in total. The third-order valence-corrected chi connectivity index (χ3v) is 3.92. The summed E-state index contributed by atoms with van der Waals surface area (Å²) >= 11 is 5.89. The Morgan fingerprint density at radius 1 is 1.25 bits per heavy atom. The minimum Gasteiger partial charge on any atom is -0.496 e. The van der Waals surface area contributed by atoms with Crippen LogP contribution in [-0.4, -0.2) is 27.7 Å². The summed E-state index contributed by atoms with van der Waals surface area (Å²) < 4.78 is 11.9. The number of anilines is 1. The minimum atomic E-state index is -0.602. The summed E-state index contributed by atoms with van der Waals surface area (Å²) in [5, 5.41) is 18.3. The van der Waals surface area contributed by atoms with Gasteiger partial charge in [-0.25, -0.2) is 4.68 Å². The first-order valence-electron chi connectivity index (χ1n) is 8.02. The molecular formula is C18H15ClN4O5. The quantitative estimate of drug-likeness (QED) is 0.476. The van der Waals surface area contributed by atoms with Gasteiger partial charge in [-0.2, -0.15) is 5.10 Å². The topological polar surface area (TPSA) is 109 Å². The zero-order valence-corrected chi connectivity index (χ0v) is 15.4. The fraction of sp³-hybridized carbons (Fsp3) is 0.111. The number of aromatic nitrogens is 2. The van der Waals surface area contributed by atoms with Crippen LogP contribution in [0.3, 0.4) is 0 Å². The van der Waals surface area contributed by atoms with E-state index < -0.39 is 10.8 Å². The molecule has 28 heavy (non-hydrogen) atoms. The number of nitrogens with zero attached hydrogens (tertiary/aromatic N) is 3. The summed E-state index contributed by atoms with van der Waals surface area (Å²) in [6.45, 7) is 0.0658. The lowest BCUT2D eigenvalue weighted by Gasteiger charge is -2.07. The number of rotatable bonds is 7. The zero-order valence-electron chi connectivity index (χ0n) is 14.7. The van der Waals surface area contributed by atoms with Crippen LogP contribution >= 0.6 is 11.6 Å². The van der Waals surface area contributed by atoms with Gasteiger partial charge in [0.1, 0.15) is 17.2 Å². The number of methoxy groups -OCH3 is 1. The number of benzene rings is 2. The van der Waals surface area contributed by atoms with Gasteiger partial charge in [0, 0.05) is 11.2 Å². The Kier molecular flexibility index (Phi) is 5.75. The minimum absolute atomic E-state index is 0.0422. The Balaban J connectivity index is 1.68. The van der Waals surface area contributed by atoms with Crippen molar-refractivity contribution in [1.29, 1.82) is 0 Å². The number of carbonyl (C=O) groups excluding carboxylic acids is 1. The van der Waals surface area contributed by atoms with E-state index in [9.17, 15) is 14.9 Å². The molecule has 144 valence electrons. The third-order valence-electron chi connectivity index (χ3n) is 3.68. The van der Waals surface area contributed by atoms with Crippen LogP contribution in [-0.2, 0) is 6.73 Å². The Morgan fingerprint density at radius 2 is 2.07 bits per heavy atom. The molecular weight excluding hydrogens is 388 g/mol. The van der Waals surface area contributed by atoms with Crippen LogP contribution in [0.25, 0.3) is 0 Å². The first-order chi connectivity index (χ1) is 13.5. The molecule has 2 aromatic carbocycles. The summed E-state index contributed by atoms with van der Waals surface area (Å²) in [7, 11) is 1.40. The largest absolute Gasteiger partial charge is 0.496 e. The Labute approximate surface area is 164 Å². The van der Waals surface area contributed by atoms with Gasteiger partial charge >= 0.3 is 0 Å². The number of nitrogens with one attached hydrogen (secondary N) is 1. The van der Waals surface area contributed by atoms with Gasteiger partial charge in [-0.05, 0) is 36.4 Å². The summed E-state index contributed by atoms with van der Waals surface area (Å²) in [6, 6.07) is 12.5. The lowest BCUT2D eigenvalue weighted by atomic mass is 10.2. The number of nitro benzene ring substituents is 1. The van der Waals surface area contributed by atoms with E-state index >= 15 is 0 Å². The van der Waals surface area contributed by atoms with Crippen molar-refractivity contribution >= 4 is 28.9 Å². The summed E-state index contributed by atoms with van der Waals surface area (Å²) in [5.41, 5.74) is -0.156. The number of ether oxygens (including phenoxy) is 2. The number of carbonyl (C=O) groups is 1. The molecule has 0 atom stereocenters. The molecule has 0 aliphatic rings. The molecule has 0 saturated carbocycles. The lowest BCUT2D eigenvalue weighted by Crippen LogP contribution is -2.15. The maximum atomic E-state index is 12.4. The molecule has 3 aromatic rings. The molecule has 0 bridgehead atoms. The van der Waals surface area contributed by atoms with E-state index in [1.54, 1.807) is 30.5 Å². The molecule has 0 fully saturated rings. The monoisotopic (exact) mass is 402 g/mol. The first kappa shape index (κ1) is 19.2. The molecule has 1 heterocycles. The van der Waals surface area contributed by atoms with Gasteiger partial charge < -0.3 is 14.8 Å². The van der Waals surface area contributed by atoms with E-state index in [0.29, 0.717) is 16.5 Å². The highest BCUT2D eigenvalue weighted by molar-refractivity contribution is 6.30. The van der Waals surface area contributed by atoms with E-state index in [1.807, 2.05) is 0 Å². The molecule has 0 aliphatic carbocycles. The van der Waals surface area contributed by atoms with Crippen LogP contribution in [0.15, 0.2) is 54.7 Å². The molecule has 0 aliphatic heterocycles. The van der Waals surface area contributed by atoms with Crippen molar-refractivity contribution in [1.82, 2.24) is 9.78 Å². The Bertz CT molecular complexity index is 1020. The number of amides is 1. The number of halogens is 1. The van der Waals surface area contributed by atoms with Crippen LogP contribution in [0.4, 0.5) is 11.4 Å². The highest BCUT2D eigenvalue weighted by atomic mass is 35.5. The summed E-state index contributed by atoms with van der Waals surface area (Å²) in [4.78, 5) is 23.0. The van der Waals surface area contributed by atoms with Crippen molar-refractivity contribution in [3.05, 3.63) is 75.6 Å². The Morgan fingerprint density at radius 3 is 2.79 bits per heavy atom. The van der Waals surface area contributed by atoms with E-state index in [1.165, 1.54) is 36.1 Å². The van der Waals surface area contributed by atoms with E-state index in [2.05, 4.69) is 10.4 Å². The highest BCUT2D eigenvalue weighted by Crippen LogP contribution is 2.29. The maximum Gasteiger partial charge on any atom is 0.296 e. The fourth-order valence-electron chi connectivity index (χ4n) is 2.33. The zero-order chi connectivity index (χ0) is 20.1. The highest BCUT2D eigenvalue weighted by Gasteiger charge is 2.19. The van der Waals surface area contributed by atoms with Crippen molar-refractivity contribution in [3.8, 4) is 11.5 Å². The van der Waals surface area contributed by atoms with Crippen LogP contribution in [0.2, 0.25) is 5.02 Å². The van der Waals surface area contributed by atoms with Gasteiger partial charge in [0.05, 0.1) is 18.1 Å². The third kappa shape index (κ3) is 4.57. The maximum absolute atomic E-state index is 12.4. The van der Waals surface area contributed by atoms with Crippen molar-refractivity contribution in [2.75, 3.05) is 12.4 Å². The van der Waals surface area contributed by atoms with Crippen molar-refractivity contribution in [3.63, 3.8) is 0 Å². The standard InChI is InChI=1S/C18H15ClN4O5/c1-27-13-5-6-15(17(10-13)23(25)26)20-18(24)16-7-8-22(21-16)11-28-14-4-2-3-12(19)9-14/h2-10H,11H2,1H3,(H,20,24). The van der Waals surface area contributed by atoms with Gasteiger partial charge in [0.2, 0.25) is 0 Å². The molecule has 1 N–H and O–H groups in total. The summed E-state index contributed by atoms with van der Waals surface area (Å²) in [6.07, 6.45) is 1.56. The van der Waals surface area contributed by atoms with Gasteiger partial charge in [-0.1, -0.05) is 17.7 Å². The second kappa shape index (κ2) is 8.40. The van der Waals surface area contributed by atoms with Crippen LogP contribution in [0, 0.1) is 10.1 Å². The molecule has 10 heteroatoms. The van der Waals surface area contributed by atoms with Gasteiger partial charge in [0.25, 0.3) is 11.6 Å².